The van der Waals surface area contributed by atoms with Crippen molar-refractivity contribution in [1.82, 2.24) is 9.62 Å². The Hall–Kier alpha value is -2.37. The predicted molar refractivity (Wildman–Crippen MR) is 192 cm³/mol. The summed E-state index contributed by atoms with van der Waals surface area (Å²) in [6.07, 6.45) is 6.73. The lowest BCUT2D eigenvalue weighted by Crippen LogP contribution is -2.52. The Morgan fingerprint density at radius 3 is 2.49 bits per heavy atom. The molecule has 3 aliphatic heterocycles. The van der Waals surface area contributed by atoms with Gasteiger partial charge in [0, 0.05) is 35.0 Å². The quantitative estimate of drug-likeness (QED) is 0.412. The number of hydrogen-bond acceptors (Lipinski definition) is 8. The first-order valence-electron chi connectivity index (χ1n) is 18.2. The van der Waals surface area contributed by atoms with E-state index in [2.05, 4.69) is 47.7 Å². The third-order valence-electron chi connectivity index (χ3n) is 12.4. The first kappa shape index (κ1) is 35.1. The molecule has 0 radical (unpaired) electrons. The van der Waals surface area contributed by atoms with E-state index in [0.29, 0.717) is 37.2 Å². The summed E-state index contributed by atoms with van der Waals surface area (Å²) in [7, 11) is 0.266. The smallest absolute Gasteiger partial charge is 0.264 e. The monoisotopic (exact) mass is 713 g/mol. The Morgan fingerprint density at radius 2 is 1.76 bits per heavy atom. The Balaban J connectivity index is 1.26. The van der Waals surface area contributed by atoms with Crippen LogP contribution < -0.4 is 14.4 Å². The number of anilines is 1. The van der Waals surface area contributed by atoms with Crippen molar-refractivity contribution in [2.24, 2.45) is 29.6 Å². The second kappa shape index (κ2) is 14.0. The number of sulfonamides is 1. The molecule has 9 nitrogen and oxygen atoms in total. The number of carbonyl (C=O) groups excluding carboxylic acids is 1. The number of amides is 1. The number of fused-ring (bicyclic) bond motifs is 4. The van der Waals surface area contributed by atoms with Crippen LogP contribution in [-0.2, 0) is 31.3 Å². The lowest BCUT2D eigenvalue weighted by Gasteiger charge is -2.49. The molecule has 2 aromatic carbocycles. The van der Waals surface area contributed by atoms with Crippen LogP contribution in [0.2, 0.25) is 5.02 Å². The van der Waals surface area contributed by atoms with Gasteiger partial charge in [-0.05, 0) is 124 Å². The minimum atomic E-state index is -3.86. The average molecular weight is 714 g/mol. The van der Waals surface area contributed by atoms with E-state index in [4.69, 9.17) is 25.8 Å². The molecule has 1 amide bonds. The van der Waals surface area contributed by atoms with Crippen LogP contribution in [0.25, 0.3) is 0 Å². The van der Waals surface area contributed by atoms with Crippen LogP contribution in [0.15, 0.2) is 36.4 Å². The molecule has 2 aromatic rings. The molecule has 0 aromatic heterocycles. The highest BCUT2D eigenvalue weighted by Gasteiger charge is 2.47. The molecular formula is C38H52ClN3O6S. The maximum atomic E-state index is 13.5. The van der Waals surface area contributed by atoms with E-state index < -0.39 is 15.9 Å². The summed E-state index contributed by atoms with van der Waals surface area (Å²) in [4.78, 5) is 18.1. The summed E-state index contributed by atoms with van der Waals surface area (Å²) < 4.78 is 48.6. The fourth-order valence-corrected chi connectivity index (χ4v) is 10.7. The Labute approximate surface area is 297 Å². The minimum absolute atomic E-state index is 0.107. The van der Waals surface area contributed by atoms with Crippen LogP contribution in [0.4, 0.5) is 5.69 Å². The summed E-state index contributed by atoms with van der Waals surface area (Å²) in [5.74, 6) is 1.07. The van der Waals surface area contributed by atoms with Gasteiger partial charge in [-0.2, -0.15) is 0 Å². The maximum Gasteiger partial charge on any atom is 0.264 e. The third kappa shape index (κ3) is 7.23. The van der Waals surface area contributed by atoms with Crippen LogP contribution in [0.1, 0.15) is 73.9 Å². The van der Waals surface area contributed by atoms with Gasteiger partial charge in [-0.1, -0.05) is 31.5 Å². The van der Waals surface area contributed by atoms with Crippen LogP contribution in [0.5, 0.6) is 5.75 Å². The molecule has 2 fully saturated rings. The van der Waals surface area contributed by atoms with E-state index in [9.17, 15) is 13.2 Å². The molecule has 2 bridgehead atoms. The molecule has 1 N–H and O–H groups in total. The average Bonchev–Trinajstić information content (AvgIpc) is 3.20. The Morgan fingerprint density at radius 1 is 0.980 bits per heavy atom. The normalized spacial score (nSPS) is 34.9. The molecule has 268 valence electrons. The Bertz CT molecular complexity index is 1650. The van der Waals surface area contributed by atoms with Gasteiger partial charge in [0.25, 0.3) is 5.91 Å². The molecule has 7 rings (SSSR count). The van der Waals surface area contributed by atoms with Crippen molar-refractivity contribution >= 4 is 33.2 Å². The molecule has 0 unspecified atom stereocenters. The van der Waals surface area contributed by atoms with Gasteiger partial charge in [-0.3, -0.25) is 4.79 Å². The minimum Gasteiger partial charge on any atom is -0.490 e. The Kier molecular flexibility index (Phi) is 10.0. The van der Waals surface area contributed by atoms with Crippen molar-refractivity contribution in [2.75, 3.05) is 57.7 Å². The highest BCUT2D eigenvalue weighted by Crippen LogP contribution is 2.49. The number of likely N-dealkylation sites (N-methyl/N-ethyl adjacent to an activating group) is 1. The van der Waals surface area contributed by atoms with Crippen molar-refractivity contribution in [3.05, 3.63) is 58.1 Å². The van der Waals surface area contributed by atoms with Gasteiger partial charge in [0.15, 0.2) is 6.29 Å². The summed E-state index contributed by atoms with van der Waals surface area (Å²) in [6, 6.07) is 11.9. The summed E-state index contributed by atoms with van der Waals surface area (Å²) in [5, 5.41) is 0.750. The van der Waals surface area contributed by atoms with Crippen LogP contribution in [0.3, 0.4) is 0 Å². The fraction of sp³-hybridized carbons (Fsp3) is 0.658. The van der Waals surface area contributed by atoms with Gasteiger partial charge in [-0.15, -0.1) is 0 Å². The SMILES string of the molecule is C[C@@H]1CS(=O)(=O)NC(=O)c2ccc3c(c2)N(C[C@@H]2CC[C@H]2[C@@H](C2OCC(N(C)C)CO2)CC[C@@H]1C)C[C@@]1(CCCc2cc(Cl)ccc21)CO3. The van der Waals surface area contributed by atoms with Gasteiger partial charge in [0.1, 0.15) is 5.75 Å². The lowest BCUT2D eigenvalue weighted by atomic mass is 9.64. The first-order valence-corrected chi connectivity index (χ1v) is 20.2. The van der Waals surface area contributed by atoms with Gasteiger partial charge in [-0.25, -0.2) is 13.1 Å². The zero-order valence-corrected chi connectivity index (χ0v) is 30.9. The van der Waals surface area contributed by atoms with Gasteiger partial charge in [0.05, 0.1) is 37.3 Å². The summed E-state index contributed by atoms with van der Waals surface area (Å²) in [6.45, 7) is 7.45. The molecule has 1 spiro atoms. The maximum absolute atomic E-state index is 13.5. The molecule has 2 aliphatic carbocycles. The van der Waals surface area contributed by atoms with Crippen molar-refractivity contribution in [3.63, 3.8) is 0 Å². The molecule has 6 atom stereocenters. The second-order valence-electron chi connectivity index (χ2n) is 15.8. The number of benzene rings is 2. The number of aryl methyl sites for hydroxylation is 1. The van der Waals surface area contributed by atoms with E-state index in [1.54, 1.807) is 6.07 Å². The number of nitrogens with one attached hydrogen (secondary N) is 1. The van der Waals surface area contributed by atoms with Crippen molar-refractivity contribution in [1.29, 1.82) is 0 Å². The summed E-state index contributed by atoms with van der Waals surface area (Å²) in [5.41, 5.74) is 3.49. The van der Waals surface area contributed by atoms with Crippen LogP contribution >= 0.6 is 11.6 Å². The molecule has 5 aliphatic rings. The van der Waals surface area contributed by atoms with E-state index in [1.165, 1.54) is 11.1 Å². The number of halogens is 1. The summed E-state index contributed by atoms with van der Waals surface area (Å²) >= 11 is 6.47. The molecular weight excluding hydrogens is 662 g/mol. The third-order valence-corrected chi connectivity index (χ3v) is 14.1. The highest BCUT2D eigenvalue weighted by atomic mass is 35.5. The molecule has 11 heteroatoms. The zero-order chi connectivity index (χ0) is 34.5. The van der Waals surface area contributed by atoms with Crippen molar-refractivity contribution in [3.8, 4) is 5.75 Å². The topological polar surface area (TPSA) is 97.4 Å². The number of rotatable bonds is 2. The predicted octanol–water partition coefficient (Wildman–Crippen LogP) is 5.88. The van der Waals surface area contributed by atoms with E-state index >= 15 is 0 Å². The molecule has 49 heavy (non-hydrogen) atoms. The van der Waals surface area contributed by atoms with Crippen LogP contribution in [-0.4, -0.2) is 84.3 Å². The standard InChI is InChI=1S/C38H52ClN3O6S/c1-24-7-11-32(37-46-19-30(20-47-37)41(3)4)31-12-8-28(31)18-42-22-38(15-5-6-26-16-29(39)10-13-33(26)38)23-48-35-14-9-27(17-34(35)42)36(43)40-49(44,45)21-25(24)2/h9-10,13-14,16-17,24-25,28,30-32,37H,5-8,11-12,15,18-23H2,1-4H3,(H,40,43)/t24-,25+,28-,30?,31+,32-,37?,38-/m0/s1. The molecule has 3 heterocycles. The molecule has 1 saturated heterocycles. The van der Waals surface area contributed by atoms with Gasteiger partial charge >= 0.3 is 0 Å². The van der Waals surface area contributed by atoms with E-state index in [0.717, 1.165) is 74.5 Å². The van der Waals surface area contributed by atoms with E-state index in [1.807, 2.05) is 25.1 Å². The first-order chi connectivity index (χ1) is 23.4. The lowest BCUT2D eigenvalue weighted by molar-refractivity contribution is -0.241. The number of ether oxygens (including phenoxy) is 3. The van der Waals surface area contributed by atoms with Crippen LogP contribution in [0, 0.1) is 29.6 Å². The van der Waals surface area contributed by atoms with Gasteiger partial charge < -0.3 is 24.0 Å². The number of carbonyl (C=O) groups is 1. The highest BCUT2D eigenvalue weighted by molar-refractivity contribution is 7.90. The largest absolute Gasteiger partial charge is 0.490 e. The van der Waals surface area contributed by atoms with Gasteiger partial charge in [0.2, 0.25) is 10.0 Å². The zero-order valence-electron chi connectivity index (χ0n) is 29.3. The number of nitrogens with zero attached hydrogens (tertiary/aromatic N) is 2. The number of hydrogen-bond donors (Lipinski definition) is 1. The van der Waals surface area contributed by atoms with Crippen molar-refractivity contribution in [2.45, 2.75) is 76.5 Å². The van der Waals surface area contributed by atoms with Crippen molar-refractivity contribution < 1.29 is 27.4 Å². The van der Waals surface area contributed by atoms with E-state index in [-0.39, 0.29) is 41.3 Å². The second-order valence-corrected chi connectivity index (χ2v) is 18.1. The fourth-order valence-electron chi connectivity index (χ4n) is 9.02. The molecule has 1 saturated carbocycles.